The Morgan fingerprint density at radius 2 is 2.53 bits per heavy atom. The number of hydrogen-bond donors (Lipinski definition) is 1. The minimum Gasteiger partial charge on any atom is -0.348 e. The molecule has 2 aromatic heterocycles. The molecule has 1 fully saturated rings. The average Bonchev–Trinajstić information content (AvgIpc) is 2.99. The number of aromatic amines is 1. The molecular formula is C11H15N5O. The first kappa shape index (κ1) is 10.5. The van der Waals surface area contributed by atoms with E-state index in [1.807, 2.05) is 13.1 Å². The number of imidazole rings is 1. The van der Waals surface area contributed by atoms with Crippen LogP contribution in [0.4, 0.5) is 0 Å². The third-order valence-electron chi connectivity index (χ3n) is 3.11. The van der Waals surface area contributed by atoms with Crippen LogP contribution in [0.2, 0.25) is 0 Å². The fraction of sp³-hybridized carbons (Fsp3) is 0.545. The highest BCUT2D eigenvalue weighted by molar-refractivity contribution is 4.99. The van der Waals surface area contributed by atoms with Crippen molar-refractivity contribution >= 4 is 0 Å². The van der Waals surface area contributed by atoms with E-state index in [2.05, 4.69) is 25.0 Å². The number of nitrogens with one attached hydrogen (secondary N) is 1. The van der Waals surface area contributed by atoms with Crippen molar-refractivity contribution in [3.8, 4) is 0 Å². The van der Waals surface area contributed by atoms with Gasteiger partial charge < -0.3 is 9.51 Å². The van der Waals surface area contributed by atoms with E-state index in [9.17, 15) is 0 Å². The lowest BCUT2D eigenvalue weighted by atomic mass is 10.2. The van der Waals surface area contributed by atoms with Gasteiger partial charge in [0, 0.05) is 19.3 Å². The Bertz CT molecular complexity index is 478. The number of hydrogen-bond acceptors (Lipinski definition) is 5. The Kier molecular flexibility index (Phi) is 2.64. The van der Waals surface area contributed by atoms with Crippen molar-refractivity contribution < 1.29 is 4.52 Å². The number of likely N-dealkylation sites (tertiary alicyclic amines) is 1. The second-order valence-electron chi connectivity index (χ2n) is 4.34. The molecule has 90 valence electrons. The van der Waals surface area contributed by atoms with Gasteiger partial charge in [-0.15, -0.1) is 0 Å². The van der Waals surface area contributed by atoms with E-state index in [1.54, 1.807) is 6.20 Å². The molecule has 1 aliphatic rings. The Balaban J connectivity index is 1.76. The maximum absolute atomic E-state index is 5.05. The van der Waals surface area contributed by atoms with Crippen molar-refractivity contribution in [2.75, 3.05) is 6.54 Å². The van der Waals surface area contributed by atoms with Gasteiger partial charge in [0.1, 0.15) is 5.82 Å². The van der Waals surface area contributed by atoms with Crippen molar-refractivity contribution in [2.24, 2.45) is 0 Å². The molecule has 3 rings (SSSR count). The van der Waals surface area contributed by atoms with E-state index in [1.165, 1.54) is 6.42 Å². The number of H-pyrrole nitrogens is 1. The summed E-state index contributed by atoms with van der Waals surface area (Å²) in [6, 6.07) is 0.262. The molecule has 1 N–H and O–H groups in total. The van der Waals surface area contributed by atoms with Crippen LogP contribution in [0.1, 0.15) is 36.4 Å². The molecule has 6 heteroatoms. The van der Waals surface area contributed by atoms with Gasteiger partial charge in [-0.1, -0.05) is 5.16 Å². The van der Waals surface area contributed by atoms with E-state index in [4.69, 9.17) is 4.52 Å². The van der Waals surface area contributed by atoms with E-state index in [0.717, 1.165) is 31.2 Å². The molecule has 6 nitrogen and oxygen atoms in total. The normalized spacial score (nSPS) is 21.1. The van der Waals surface area contributed by atoms with Crippen LogP contribution < -0.4 is 0 Å². The first-order valence-electron chi connectivity index (χ1n) is 5.85. The first-order valence-corrected chi connectivity index (χ1v) is 5.85. The SMILES string of the molecule is Cc1nc(C2CCCN2Cc2ncc[nH]2)no1. The van der Waals surface area contributed by atoms with Gasteiger partial charge in [-0.3, -0.25) is 4.90 Å². The lowest BCUT2D eigenvalue weighted by molar-refractivity contribution is 0.229. The lowest BCUT2D eigenvalue weighted by Gasteiger charge is -2.20. The molecule has 3 heterocycles. The zero-order valence-corrected chi connectivity index (χ0v) is 9.76. The minimum atomic E-state index is 0.262. The van der Waals surface area contributed by atoms with E-state index in [0.29, 0.717) is 5.89 Å². The van der Waals surface area contributed by atoms with Crippen LogP contribution >= 0.6 is 0 Å². The monoisotopic (exact) mass is 233 g/mol. The quantitative estimate of drug-likeness (QED) is 0.868. The molecule has 0 aliphatic carbocycles. The van der Waals surface area contributed by atoms with Crippen LogP contribution in [-0.4, -0.2) is 31.6 Å². The second-order valence-corrected chi connectivity index (χ2v) is 4.34. The summed E-state index contributed by atoms with van der Waals surface area (Å²) >= 11 is 0. The summed E-state index contributed by atoms with van der Waals surface area (Å²) in [6.45, 7) is 3.69. The third kappa shape index (κ3) is 2.08. The molecular weight excluding hydrogens is 218 g/mol. The molecule has 1 saturated heterocycles. The largest absolute Gasteiger partial charge is 0.348 e. The smallest absolute Gasteiger partial charge is 0.223 e. The highest BCUT2D eigenvalue weighted by atomic mass is 16.5. The summed E-state index contributed by atoms with van der Waals surface area (Å²) < 4.78 is 5.05. The van der Waals surface area contributed by atoms with E-state index < -0.39 is 0 Å². The number of aryl methyl sites for hydroxylation is 1. The molecule has 2 aromatic rings. The molecule has 1 unspecified atom stereocenters. The fourth-order valence-corrected chi connectivity index (χ4v) is 2.33. The van der Waals surface area contributed by atoms with Crippen molar-refractivity contribution in [1.29, 1.82) is 0 Å². The lowest BCUT2D eigenvalue weighted by Crippen LogP contribution is -2.24. The topological polar surface area (TPSA) is 70.8 Å². The number of rotatable bonds is 3. The molecule has 1 atom stereocenters. The molecule has 0 saturated carbocycles. The van der Waals surface area contributed by atoms with Gasteiger partial charge in [-0.2, -0.15) is 4.98 Å². The highest BCUT2D eigenvalue weighted by Crippen LogP contribution is 2.30. The molecule has 17 heavy (non-hydrogen) atoms. The summed E-state index contributed by atoms with van der Waals surface area (Å²) in [5.41, 5.74) is 0. The highest BCUT2D eigenvalue weighted by Gasteiger charge is 2.29. The third-order valence-corrected chi connectivity index (χ3v) is 3.11. The molecule has 0 bridgehead atoms. The summed E-state index contributed by atoms with van der Waals surface area (Å²) in [4.78, 5) is 14.0. The predicted molar refractivity (Wildman–Crippen MR) is 60.0 cm³/mol. The standard InChI is InChI=1S/C11H15N5O/c1-8-14-11(15-17-8)9-3-2-6-16(9)7-10-12-4-5-13-10/h4-5,9H,2-3,6-7H2,1H3,(H,12,13). The van der Waals surface area contributed by atoms with Gasteiger partial charge in [-0.25, -0.2) is 4.98 Å². The van der Waals surface area contributed by atoms with Crippen LogP contribution in [0.25, 0.3) is 0 Å². The summed E-state index contributed by atoms with van der Waals surface area (Å²) in [7, 11) is 0. The van der Waals surface area contributed by atoms with Crippen molar-refractivity contribution in [1.82, 2.24) is 25.0 Å². The van der Waals surface area contributed by atoms with Crippen LogP contribution in [0.5, 0.6) is 0 Å². The maximum atomic E-state index is 5.05. The summed E-state index contributed by atoms with van der Waals surface area (Å²) in [5.74, 6) is 2.41. The molecule has 1 aliphatic heterocycles. The van der Waals surface area contributed by atoms with Crippen LogP contribution in [0.15, 0.2) is 16.9 Å². The van der Waals surface area contributed by atoms with E-state index >= 15 is 0 Å². The van der Waals surface area contributed by atoms with Gasteiger partial charge in [0.05, 0.1) is 12.6 Å². The van der Waals surface area contributed by atoms with Gasteiger partial charge >= 0.3 is 0 Å². The number of aromatic nitrogens is 4. The number of nitrogens with zero attached hydrogens (tertiary/aromatic N) is 4. The van der Waals surface area contributed by atoms with E-state index in [-0.39, 0.29) is 6.04 Å². The summed E-state index contributed by atoms with van der Waals surface area (Å²) in [5, 5.41) is 4.02. The second kappa shape index (κ2) is 4.29. The Morgan fingerprint density at radius 1 is 1.59 bits per heavy atom. The van der Waals surface area contributed by atoms with Crippen molar-refractivity contribution in [3.63, 3.8) is 0 Å². The van der Waals surface area contributed by atoms with Crippen molar-refractivity contribution in [2.45, 2.75) is 32.4 Å². The maximum Gasteiger partial charge on any atom is 0.223 e. The van der Waals surface area contributed by atoms with Crippen LogP contribution in [0, 0.1) is 6.92 Å². The van der Waals surface area contributed by atoms with Gasteiger partial charge in [0.15, 0.2) is 5.82 Å². The predicted octanol–water partition coefficient (Wildman–Crippen LogP) is 1.44. The van der Waals surface area contributed by atoms with Crippen molar-refractivity contribution in [3.05, 3.63) is 29.9 Å². The van der Waals surface area contributed by atoms with Gasteiger partial charge in [0.2, 0.25) is 5.89 Å². The minimum absolute atomic E-state index is 0.262. The average molecular weight is 233 g/mol. The Hall–Kier alpha value is -1.69. The van der Waals surface area contributed by atoms with Crippen LogP contribution in [0.3, 0.4) is 0 Å². The molecule has 0 radical (unpaired) electrons. The van der Waals surface area contributed by atoms with Gasteiger partial charge in [0.25, 0.3) is 0 Å². The Labute approximate surface area is 99.0 Å². The molecule has 0 aromatic carbocycles. The zero-order valence-electron chi connectivity index (χ0n) is 9.76. The Morgan fingerprint density at radius 3 is 3.24 bits per heavy atom. The fourth-order valence-electron chi connectivity index (χ4n) is 2.33. The molecule has 0 spiro atoms. The zero-order chi connectivity index (χ0) is 11.7. The van der Waals surface area contributed by atoms with Crippen LogP contribution in [-0.2, 0) is 6.54 Å². The molecule has 0 amide bonds. The van der Waals surface area contributed by atoms with Gasteiger partial charge in [-0.05, 0) is 19.4 Å². The first-order chi connectivity index (χ1) is 8.33. The summed E-state index contributed by atoms with van der Waals surface area (Å²) in [6.07, 6.45) is 5.87.